The first kappa shape index (κ1) is 13.0. The summed E-state index contributed by atoms with van der Waals surface area (Å²) in [5.74, 6) is 0.778. The lowest BCUT2D eigenvalue weighted by Gasteiger charge is -2.12. The van der Waals surface area contributed by atoms with Gasteiger partial charge in [0.05, 0.1) is 5.69 Å². The molecule has 0 fully saturated rings. The summed E-state index contributed by atoms with van der Waals surface area (Å²) in [7, 11) is 0. The van der Waals surface area contributed by atoms with Crippen LogP contribution in [0, 0.1) is 0 Å². The molecule has 1 aromatic rings. The van der Waals surface area contributed by atoms with E-state index in [-0.39, 0.29) is 0 Å². The first-order valence-electron chi connectivity index (χ1n) is 5.69. The number of fused-ring (bicyclic) bond motifs is 1. The van der Waals surface area contributed by atoms with Crippen LogP contribution in [0.2, 0.25) is 0 Å². The maximum Gasteiger partial charge on any atom is 0.411 e. The first-order chi connectivity index (χ1) is 8.72. The molecule has 96 valence electrons. The number of allylic oxidation sites excluding steroid dienone is 1. The Hall–Kier alpha value is -1.49. The number of hydrogen-bond donors (Lipinski definition) is 1. The maximum absolute atomic E-state index is 11.0. The molecular formula is C13H14BrNO3. The zero-order valence-corrected chi connectivity index (χ0v) is 11.4. The molecular weight excluding hydrogens is 298 g/mol. The number of carbonyl (C=O) groups is 1. The molecule has 18 heavy (non-hydrogen) atoms. The van der Waals surface area contributed by atoms with Crippen molar-refractivity contribution in [2.45, 2.75) is 6.42 Å². The number of rotatable bonds is 4. The Morgan fingerprint density at radius 3 is 3.06 bits per heavy atom. The van der Waals surface area contributed by atoms with Gasteiger partial charge in [0.25, 0.3) is 0 Å². The van der Waals surface area contributed by atoms with Gasteiger partial charge in [-0.05, 0) is 30.2 Å². The molecule has 0 atom stereocenters. The highest BCUT2D eigenvalue weighted by Crippen LogP contribution is 2.31. The van der Waals surface area contributed by atoms with Gasteiger partial charge in [0, 0.05) is 11.9 Å². The zero-order chi connectivity index (χ0) is 13.0. The highest BCUT2D eigenvalue weighted by molar-refractivity contribution is 9.09. The molecule has 0 saturated carbocycles. The van der Waals surface area contributed by atoms with Crippen LogP contribution in [0.5, 0.6) is 5.75 Å². The Labute approximate surface area is 114 Å². The van der Waals surface area contributed by atoms with Crippen LogP contribution in [0.1, 0.15) is 5.56 Å². The third kappa shape index (κ3) is 2.85. The number of carboxylic acid groups (broad SMARTS) is 1. The van der Waals surface area contributed by atoms with Crippen LogP contribution in [-0.4, -0.2) is 29.7 Å². The van der Waals surface area contributed by atoms with Crippen LogP contribution in [0.3, 0.4) is 0 Å². The minimum atomic E-state index is -0.900. The van der Waals surface area contributed by atoms with Gasteiger partial charge in [-0.2, -0.15) is 0 Å². The molecule has 1 heterocycles. The van der Waals surface area contributed by atoms with E-state index >= 15 is 0 Å². The Morgan fingerprint density at radius 2 is 2.33 bits per heavy atom. The fourth-order valence-corrected chi connectivity index (χ4v) is 2.21. The number of hydrogen-bond acceptors (Lipinski definition) is 2. The molecule has 1 aliphatic heterocycles. The molecule has 0 unspecified atom stereocenters. The van der Waals surface area contributed by atoms with E-state index in [1.807, 2.05) is 24.3 Å². The molecule has 1 N–H and O–H groups in total. The lowest BCUT2D eigenvalue weighted by molar-refractivity contribution is 0.202. The van der Waals surface area contributed by atoms with Gasteiger partial charge in [0.15, 0.2) is 0 Å². The summed E-state index contributed by atoms with van der Waals surface area (Å²) < 4.78 is 5.56. The van der Waals surface area contributed by atoms with E-state index in [1.54, 1.807) is 6.07 Å². The van der Waals surface area contributed by atoms with Crippen molar-refractivity contribution in [1.29, 1.82) is 0 Å². The molecule has 0 saturated heterocycles. The summed E-state index contributed by atoms with van der Waals surface area (Å²) in [5, 5.41) is 9.82. The molecule has 0 aliphatic carbocycles. The Balaban J connectivity index is 2.05. The van der Waals surface area contributed by atoms with E-state index in [1.165, 1.54) is 4.90 Å². The van der Waals surface area contributed by atoms with Crippen LogP contribution in [-0.2, 0) is 6.42 Å². The molecule has 0 spiro atoms. The number of alkyl halides is 1. The molecule has 5 heteroatoms. The second kappa shape index (κ2) is 5.91. The van der Waals surface area contributed by atoms with Gasteiger partial charge < -0.3 is 9.84 Å². The predicted octanol–water partition coefficient (Wildman–Crippen LogP) is 3.06. The summed E-state index contributed by atoms with van der Waals surface area (Å²) in [6.45, 7) is 1.05. The summed E-state index contributed by atoms with van der Waals surface area (Å²) in [5.41, 5.74) is 1.80. The molecule has 0 bridgehead atoms. The lowest BCUT2D eigenvalue weighted by Crippen LogP contribution is -2.26. The number of ether oxygens (including phenoxy) is 1. The summed E-state index contributed by atoms with van der Waals surface area (Å²) >= 11 is 3.29. The normalized spacial score (nSPS) is 13.9. The smallest absolute Gasteiger partial charge is 0.411 e. The van der Waals surface area contributed by atoms with Crippen molar-refractivity contribution in [1.82, 2.24) is 0 Å². The van der Waals surface area contributed by atoms with Crippen molar-refractivity contribution in [3.63, 3.8) is 0 Å². The third-order valence-electron chi connectivity index (χ3n) is 2.78. The van der Waals surface area contributed by atoms with Crippen molar-refractivity contribution in [3.05, 3.63) is 35.9 Å². The fourth-order valence-electron chi connectivity index (χ4n) is 1.94. The van der Waals surface area contributed by atoms with Crippen molar-refractivity contribution in [2.24, 2.45) is 0 Å². The topological polar surface area (TPSA) is 49.8 Å². The second-order valence-electron chi connectivity index (χ2n) is 3.91. The van der Waals surface area contributed by atoms with Crippen molar-refractivity contribution in [2.75, 3.05) is 23.4 Å². The molecule has 1 aliphatic rings. The first-order valence-corrected chi connectivity index (χ1v) is 6.81. The highest BCUT2D eigenvalue weighted by atomic mass is 79.9. The summed E-state index contributed by atoms with van der Waals surface area (Å²) in [4.78, 5) is 12.3. The SMILES string of the molecule is O=C(O)N1CCc2cc(OCC=CCBr)ccc21. The number of halogens is 1. The van der Waals surface area contributed by atoms with Gasteiger partial charge in [-0.1, -0.05) is 28.1 Å². The molecule has 2 rings (SSSR count). The fraction of sp³-hybridized carbons (Fsp3) is 0.308. The van der Waals surface area contributed by atoms with Crippen LogP contribution in [0.4, 0.5) is 10.5 Å². The van der Waals surface area contributed by atoms with E-state index in [4.69, 9.17) is 9.84 Å². The monoisotopic (exact) mass is 311 g/mol. The number of amides is 1. The van der Waals surface area contributed by atoms with Crippen molar-refractivity contribution < 1.29 is 14.6 Å². The highest BCUT2D eigenvalue weighted by Gasteiger charge is 2.24. The summed E-state index contributed by atoms with van der Waals surface area (Å²) in [6, 6.07) is 5.53. The molecule has 0 aromatic heterocycles. The minimum Gasteiger partial charge on any atom is -0.490 e. The Kier molecular flexibility index (Phi) is 4.25. The summed E-state index contributed by atoms with van der Waals surface area (Å²) in [6.07, 6.45) is 3.75. The Bertz CT molecular complexity index is 473. The molecule has 4 nitrogen and oxygen atoms in total. The number of nitrogens with zero attached hydrogens (tertiary/aromatic N) is 1. The van der Waals surface area contributed by atoms with Crippen LogP contribution >= 0.6 is 15.9 Å². The average molecular weight is 312 g/mol. The average Bonchev–Trinajstić information content (AvgIpc) is 2.77. The lowest BCUT2D eigenvalue weighted by atomic mass is 10.1. The van der Waals surface area contributed by atoms with Crippen molar-refractivity contribution >= 4 is 27.7 Å². The van der Waals surface area contributed by atoms with E-state index < -0.39 is 6.09 Å². The van der Waals surface area contributed by atoms with E-state index in [0.29, 0.717) is 13.2 Å². The van der Waals surface area contributed by atoms with E-state index in [0.717, 1.165) is 28.8 Å². The molecule has 1 aromatic carbocycles. The van der Waals surface area contributed by atoms with Gasteiger partial charge in [0.1, 0.15) is 12.4 Å². The predicted molar refractivity (Wildman–Crippen MR) is 73.9 cm³/mol. The largest absolute Gasteiger partial charge is 0.490 e. The van der Waals surface area contributed by atoms with Gasteiger partial charge in [-0.25, -0.2) is 4.79 Å². The molecule has 1 amide bonds. The standard InChI is InChI=1S/C13H14BrNO3/c14-6-1-2-8-18-11-3-4-12-10(9-11)5-7-15(12)13(16)17/h1-4,9H,5-8H2,(H,16,17). The maximum atomic E-state index is 11.0. The van der Waals surface area contributed by atoms with Crippen molar-refractivity contribution in [3.8, 4) is 5.75 Å². The van der Waals surface area contributed by atoms with Crippen LogP contribution in [0.25, 0.3) is 0 Å². The number of anilines is 1. The minimum absolute atomic E-state index is 0.521. The van der Waals surface area contributed by atoms with Crippen LogP contribution in [0.15, 0.2) is 30.4 Å². The third-order valence-corrected chi connectivity index (χ3v) is 3.15. The van der Waals surface area contributed by atoms with E-state index in [9.17, 15) is 4.79 Å². The Morgan fingerprint density at radius 1 is 1.50 bits per heavy atom. The van der Waals surface area contributed by atoms with Gasteiger partial charge in [-0.15, -0.1) is 0 Å². The molecule has 0 radical (unpaired) electrons. The number of benzene rings is 1. The van der Waals surface area contributed by atoms with Gasteiger partial charge >= 0.3 is 6.09 Å². The second-order valence-corrected chi connectivity index (χ2v) is 4.56. The van der Waals surface area contributed by atoms with Crippen LogP contribution < -0.4 is 9.64 Å². The van der Waals surface area contributed by atoms with E-state index in [2.05, 4.69) is 15.9 Å². The van der Waals surface area contributed by atoms with Gasteiger partial charge in [-0.3, -0.25) is 4.90 Å². The van der Waals surface area contributed by atoms with Gasteiger partial charge in [0.2, 0.25) is 0 Å². The quantitative estimate of drug-likeness (QED) is 0.687. The zero-order valence-electron chi connectivity index (χ0n) is 9.80.